The average molecular weight is 231 g/mol. The van der Waals surface area contributed by atoms with Crippen LogP contribution in [-0.2, 0) is 4.79 Å². The van der Waals surface area contributed by atoms with E-state index in [1.165, 1.54) is 0 Å². The molecule has 68 valence electrons. The molecule has 0 saturated carbocycles. The maximum atomic E-state index is 11.0. The van der Waals surface area contributed by atoms with Gasteiger partial charge in [0.2, 0.25) is 0 Å². The van der Waals surface area contributed by atoms with Crippen LogP contribution in [0, 0.1) is 24.2 Å². The van der Waals surface area contributed by atoms with E-state index in [9.17, 15) is 4.79 Å². The third kappa shape index (κ3) is 5.37. The smallest absolute Gasteiger partial charge is 0.143 e. The highest BCUT2D eigenvalue weighted by Gasteiger charge is 2.10. The van der Waals surface area contributed by atoms with Crippen LogP contribution in [0.5, 0.6) is 0 Å². The third-order valence-electron chi connectivity index (χ3n) is 1.77. The normalized spacial score (nSPS) is 14.8. The van der Waals surface area contributed by atoms with Gasteiger partial charge in [0.05, 0.1) is 5.33 Å². The first kappa shape index (κ1) is 11.7. The molecular weight excluding hydrogens is 216 g/mol. The summed E-state index contributed by atoms with van der Waals surface area (Å²) in [6, 6.07) is 0. The molecule has 0 radical (unpaired) electrons. The third-order valence-corrected chi connectivity index (χ3v) is 2.39. The Kier molecular flexibility index (Phi) is 6.10. The van der Waals surface area contributed by atoms with E-state index in [0.29, 0.717) is 17.7 Å². The monoisotopic (exact) mass is 230 g/mol. The van der Waals surface area contributed by atoms with Crippen LogP contribution in [0.4, 0.5) is 0 Å². The maximum Gasteiger partial charge on any atom is 0.143 e. The van der Waals surface area contributed by atoms with E-state index in [1.54, 1.807) is 0 Å². The van der Waals surface area contributed by atoms with Crippen molar-refractivity contribution < 1.29 is 4.79 Å². The quantitative estimate of drug-likeness (QED) is 0.525. The van der Waals surface area contributed by atoms with Crippen LogP contribution in [0.2, 0.25) is 0 Å². The molecule has 0 amide bonds. The molecule has 0 aromatic carbocycles. The number of carbonyl (C=O) groups excluding carboxylic acids is 1. The molecule has 0 rings (SSSR count). The van der Waals surface area contributed by atoms with Gasteiger partial charge in [-0.05, 0) is 12.3 Å². The average Bonchev–Trinajstić information content (AvgIpc) is 2.03. The van der Waals surface area contributed by atoms with Crippen LogP contribution in [-0.4, -0.2) is 11.1 Å². The van der Waals surface area contributed by atoms with Crippen LogP contribution in [0.1, 0.15) is 26.7 Å². The van der Waals surface area contributed by atoms with Gasteiger partial charge in [0.1, 0.15) is 5.78 Å². The van der Waals surface area contributed by atoms with Crippen molar-refractivity contribution in [3.8, 4) is 12.3 Å². The summed E-state index contributed by atoms with van der Waals surface area (Å²) >= 11 is 3.14. The first-order chi connectivity index (χ1) is 5.60. The van der Waals surface area contributed by atoms with Crippen molar-refractivity contribution >= 4 is 21.7 Å². The first-order valence-electron chi connectivity index (χ1n) is 4.14. The van der Waals surface area contributed by atoms with E-state index in [2.05, 4.69) is 28.8 Å². The Morgan fingerprint density at radius 2 is 2.17 bits per heavy atom. The SMILES string of the molecule is C#CC(C)CC(C)CC(=O)CBr. The lowest BCUT2D eigenvalue weighted by Crippen LogP contribution is -2.09. The molecule has 2 atom stereocenters. The van der Waals surface area contributed by atoms with Gasteiger partial charge in [-0.15, -0.1) is 12.3 Å². The van der Waals surface area contributed by atoms with Crippen molar-refractivity contribution in [2.75, 3.05) is 5.33 Å². The van der Waals surface area contributed by atoms with Gasteiger partial charge in [-0.25, -0.2) is 0 Å². The number of rotatable bonds is 5. The minimum Gasteiger partial charge on any atom is -0.299 e. The molecule has 0 saturated heterocycles. The fourth-order valence-corrected chi connectivity index (χ4v) is 1.43. The van der Waals surface area contributed by atoms with Crippen molar-refractivity contribution in [1.29, 1.82) is 0 Å². The summed E-state index contributed by atoms with van der Waals surface area (Å²) in [5, 5.41) is 0.460. The summed E-state index contributed by atoms with van der Waals surface area (Å²) in [5.41, 5.74) is 0. The maximum absolute atomic E-state index is 11.0. The van der Waals surface area contributed by atoms with Crippen molar-refractivity contribution in [3.63, 3.8) is 0 Å². The van der Waals surface area contributed by atoms with Gasteiger partial charge < -0.3 is 0 Å². The van der Waals surface area contributed by atoms with E-state index < -0.39 is 0 Å². The summed E-state index contributed by atoms with van der Waals surface area (Å²) in [6.07, 6.45) is 6.82. The second-order valence-corrected chi connectivity index (χ2v) is 3.85. The molecule has 0 aromatic heterocycles. The second-order valence-electron chi connectivity index (χ2n) is 3.29. The Hall–Kier alpha value is -0.290. The summed E-state index contributed by atoms with van der Waals surface area (Å²) < 4.78 is 0. The van der Waals surface area contributed by atoms with E-state index >= 15 is 0 Å². The Morgan fingerprint density at radius 3 is 2.58 bits per heavy atom. The Balaban J connectivity index is 3.67. The molecule has 0 heterocycles. The fourth-order valence-electron chi connectivity index (χ4n) is 1.20. The van der Waals surface area contributed by atoms with Crippen LogP contribution >= 0.6 is 15.9 Å². The topological polar surface area (TPSA) is 17.1 Å². The fraction of sp³-hybridized carbons (Fsp3) is 0.700. The number of ketones is 1. The Bertz CT molecular complexity index is 181. The number of halogens is 1. The van der Waals surface area contributed by atoms with Gasteiger partial charge in [0.15, 0.2) is 0 Å². The minimum atomic E-state index is 0.256. The summed E-state index contributed by atoms with van der Waals surface area (Å²) in [6.45, 7) is 4.07. The summed E-state index contributed by atoms with van der Waals surface area (Å²) in [5.74, 6) is 3.60. The van der Waals surface area contributed by atoms with Gasteiger partial charge in [-0.3, -0.25) is 4.79 Å². The molecule has 0 aliphatic heterocycles. The lowest BCUT2D eigenvalue weighted by Gasteiger charge is -2.11. The number of Topliss-reactive ketones (excluding diaryl/α,β-unsaturated/α-hetero) is 1. The summed E-state index contributed by atoms with van der Waals surface area (Å²) in [4.78, 5) is 11.0. The number of carbonyl (C=O) groups is 1. The number of hydrogen-bond donors (Lipinski definition) is 0. The summed E-state index contributed by atoms with van der Waals surface area (Å²) in [7, 11) is 0. The van der Waals surface area contributed by atoms with Crippen LogP contribution < -0.4 is 0 Å². The number of hydrogen-bond acceptors (Lipinski definition) is 1. The highest BCUT2D eigenvalue weighted by atomic mass is 79.9. The highest BCUT2D eigenvalue weighted by Crippen LogP contribution is 2.14. The van der Waals surface area contributed by atoms with Crippen molar-refractivity contribution in [2.24, 2.45) is 11.8 Å². The lowest BCUT2D eigenvalue weighted by molar-refractivity contribution is -0.117. The predicted molar refractivity (Wildman–Crippen MR) is 55.2 cm³/mol. The molecule has 12 heavy (non-hydrogen) atoms. The zero-order valence-electron chi connectivity index (χ0n) is 7.64. The van der Waals surface area contributed by atoms with Crippen LogP contribution in [0.25, 0.3) is 0 Å². The van der Waals surface area contributed by atoms with Gasteiger partial charge in [-0.2, -0.15) is 0 Å². The van der Waals surface area contributed by atoms with E-state index in [4.69, 9.17) is 6.42 Å². The Morgan fingerprint density at radius 1 is 1.58 bits per heavy atom. The predicted octanol–water partition coefficient (Wildman–Crippen LogP) is 2.64. The van der Waals surface area contributed by atoms with E-state index in [-0.39, 0.29) is 11.7 Å². The zero-order valence-corrected chi connectivity index (χ0v) is 9.23. The van der Waals surface area contributed by atoms with Gasteiger partial charge >= 0.3 is 0 Å². The highest BCUT2D eigenvalue weighted by molar-refractivity contribution is 9.09. The Labute approximate surface area is 83.1 Å². The largest absolute Gasteiger partial charge is 0.299 e. The standard InChI is InChI=1S/C10H15BrO/c1-4-8(2)5-9(3)6-10(12)7-11/h1,8-9H,5-7H2,2-3H3. The van der Waals surface area contributed by atoms with Crippen molar-refractivity contribution in [2.45, 2.75) is 26.7 Å². The molecule has 0 aliphatic carbocycles. The van der Waals surface area contributed by atoms with E-state index in [0.717, 1.165) is 6.42 Å². The molecule has 0 aromatic rings. The van der Waals surface area contributed by atoms with Gasteiger partial charge in [-0.1, -0.05) is 29.8 Å². The second kappa shape index (κ2) is 6.25. The number of alkyl halides is 1. The van der Waals surface area contributed by atoms with Crippen LogP contribution in [0.15, 0.2) is 0 Å². The zero-order chi connectivity index (χ0) is 9.56. The molecule has 0 aliphatic rings. The molecule has 0 fully saturated rings. The molecule has 1 nitrogen and oxygen atoms in total. The number of terminal acetylenes is 1. The lowest BCUT2D eigenvalue weighted by atomic mass is 9.94. The first-order valence-corrected chi connectivity index (χ1v) is 5.26. The van der Waals surface area contributed by atoms with Gasteiger partial charge in [0, 0.05) is 12.3 Å². The molecule has 0 bridgehead atoms. The molecule has 0 spiro atoms. The molecule has 2 heteroatoms. The van der Waals surface area contributed by atoms with E-state index in [1.807, 2.05) is 6.92 Å². The minimum absolute atomic E-state index is 0.256. The van der Waals surface area contributed by atoms with Gasteiger partial charge in [0.25, 0.3) is 0 Å². The van der Waals surface area contributed by atoms with Crippen molar-refractivity contribution in [3.05, 3.63) is 0 Å². The molecular formula is C10H15BrO. The van der Waals surface area contributed by atoms with Crippen molar-refractivity contribution in [1.82, 2.24) is 0 Å². The van der Waals surface area contributed by atoms with Crippen LogP contribution in [0.3, 0.4) is 0 Å². The molecule has 0 N–H and O–H groups in total. The molecule has 2 unspecified atom stereocenters.